The lowest BCUT2D eigenvalue weighted by molar-refractivity contribution is -0.172. The lowest BCUT2D eigenvalue weighted by atomic mass is 10.1. The summed E-state index contributed by atoms with van der Waals surface area (Å²) in [4.78, 5) is 0. The molecule has 0 saturated carbocycles. The van der Waals surface area contributed by atoms with E-state index >= 15 is 0 Å². The van der Waals surface area contributed by atoms with Gasteiger partial charge in [0.25, 0.3) is 0 Å². The third-order valence-corrected chi connectivity index (χ3v) is 2.56. The van der Waals surface area contributed by atoms with Crippen LogP contribution in [0.3, 0.4) is 0 Å². The van der Waals surface area contributed by atoms with Crippen molar-refractivity contribution in [3.63, 3.8) is 0 Å². The van der Waals surface area contributed by atoms with Gasteiger partial charge in [-0.15, -0.1) is 0 Å². The van der Waals surface area contributed by atoms with Crippen LogP contribution in [0.25, 0.3) is 0 Å². The highest BCUT2D eigenvalue weighted by Gasteiger charge is 2.27. The second kappa shape index (κ2) is 6.64. The Morgan fingerprint density at radius 2 is 2.00 bits per heavy atom. The second-order valence-electron chi connectivity index (χ2n) is 4.09. The van der Waals surface area contributed by atoms with E-state index in [1.807, 2.05) is 25.1 Å². The molecule has 0 atom stereocenters. The van der Waals surface area contributed by atoms with Crippen LogP contribution in [0.4, 0.5) is 18.9 Å². The van der Waals surface area contributed by atoms with E-state index in [0.29, 0.717) is 6.54 Å². The number of aryl methyl sites for hydroxylation is 2. The molecule has 0 heterocycles. The van der Waals surface area contributed by atoms with Gasteiger partial charge in [-0.05, 0) is 36.6 Å². The van der Waals surface area contributed by atoms with Crippen LogP contribution in [0.5, 0.6) is 0 Å². The summed E-state index contributed by atoms with van der Waals surface area (Å²) in [7, 11) is 0. The monoisotopic (exact) mass is 261 g/mol. The van der Waals surface area contributed by atoms with Crippen LogP contribution in [-0.4, -0.2) is 25.9 Å². The summed E-state index contributed by atoms with van der Waals surface area (Å²) in [5, 5.41) is 3.03. The van der Waals surface area contributed by atoms with Crippen molar-refractivity contribution in [3.05, 3.63) is 29.3 Å². The lowest BCUT2D eigenvalue weighted by Gasteiger charge is -2.11. The highest BCUT2D eigenvalue weighted by molar-refractivity contribution is 5.48. The number of hydrogen-bond acceptors (Lipinski definition) is 2. The van der Waals surface area contributed by atoms with E-state index < -0.39 is 12.8 Å². The smallest absolute Gasteiger partial charge is 0.383 e. The first-order chi connectivity index (χ1) is 8.42. The number of ether oxygens (including phenoxy) is 1. The van der Waals surface area contributed by atoms with E-state index in [1.165, 1.54) is 11.1 Å². The van der Waals surface area contributed by atoms with Gasteiger partial charge in [0.15, 0.2) is 0 Å². The number of hydrogen-bond donors (Lipinski definition) is 1. The molecule has 18 heavy (non-hydrogen) atoms. The first-order valence-electron chi connectivity index (χ1n) is 5.90. The number of anilines is 1. The van der Waals surface area contributed by atoms with Gasteiger partial charge < -0.3 is 10.1 Å². The molecule has 5 heteroatoms. The summed E-state index contributed by atoms with van der Waals surface area (Å²) >= 11 is 0. The van der Waals surface area contributed by atoms with Crippen LogP contribution >= 0.6 is 0 Å². The predicted molar refractivity (Wildman–Crippen MR) is 65.9 cm³/mol. The first kappa shape index (κ1) is 14.8. The number of nitrogens with one attached hydrogen (secondary N) is 1. The van der Waals surface area contributed by atoms with Gasteiger partial charge in [-0.2, -0.15) is 13.2 Å². The third kappa shape index (κ3) is 5.40. The van der Waals surface area contributed by atoms with E-state index in [9.17, 15) is 13.2 Å². The molecule has 0 unspecified atom stereocenters. The van der Waals surface area contributed by atoms with Crippen LogP contribution < -0.4 is 5.32 Å². The van der Waals surface area contributed by atoms with Crippen molar-refractivity contribution in [2.75, 3.05) is 25.1 Å². The van der Waals surface area contributed by atoms with E-state index in [4.69, 9.17) is 0 Å². The summed E-state index contributed by atoms with van der Waals surface area (Å²) in [5.74, 6) is 0. The van der Waals surface area contributed by atoms with Crippen molar-refractivity contribution >= 4 is 5.69 Å². The molecule has 102 valence electrons. The van der Waals surface area contributed by atoms with Gasteiger partial charge in [0.2, 0.25) is 0 Å². The number of alkyl halides is 3. The molecule has 0 radical (unpaired) electrons. The Bertz CT molecular complexity index is 377. The lowest BCUT2D eigenvalue weighted by Crippen LogP contribution is -2.20. The topological polar surface area (TPSA) is 21.3 Å². The maximum Gasteiger partial charge on any atom is 0.411 e. The Morgan fingerprint density at radius 3 is 2.56 bits per heavy atom. The zero-order valence-electron chi connectivity index (χ0n) is 10.6. The van der Waals surface area contributed by atoms with Gasteiger partial charge in [-0.1, -0.05) is 13.0 Å². The van der Waals surface area contributed by atoms with Crippen molar-refractivity contribution in [2.45, 2.75) is 26.4 Å². The van der Waals surface area contributed by atoms with Crippen molar-refractivity contribution in [1.29, 1.82) is 0 Å². The average molecular weight is 261 g/mol. The zero-order chi connectivity index (χ0) is 13.6. The molecule has 0 saturated heterocycles. The van der Waals surface area contributed by atoms with E-state index in [1.54, 1.807) is 0 Å². The average Bonchev–Trinajstić information content (AvgIpc) is 2.27. The second-order valence-corrected chi connectivity index (χ2v) is 4.09. The van der Waals surface area contributed by atoms with Crippen LogP contribution in [0.15, 0.2) is 18.2 Å². The van der Waals surface area contributed by atoms with Crippen LogP contribution in [0, 0.1) is 6.92 Å². The molecular weight excluding hydrogens is 243 g/mol. The number of rotatable bonds is 6. The van der Waals surface area contributed by atoms with Gasteiger partial charge in [0, 0.05) is 12.2 Å². The fourth-order valence-electron chi connectivity index (χ4n) is 1.66. The third-order valence-electron chi connectivity index (χ3n) is 2.56. The summed E-state index contributed by atoms with van der Waals surface area (Å²) in [6.07, 6.45) is -3.28. The molecule has 2 nitrogen and oxygen atoms in total. The van der Waals surface area contributed by atoms with Crippen molar-refractivity contribution in [1.82, 2.24) is 0 Å². The zero-order valence-corrected chi connectivity index (χ0v) is 10.6. The molecule has 0 fully saturated rings. The Morgan fingerprint density at radius 1 is 1.28 bits per heavy atom. The van der Waals surface area contributed by atoms with Gasteiger partial charge in [-0.25, -0.2) is 0 Å². The summed E-state index contributed by atoms with van der Waals surface area (Å²) in [6.45, 7) is 3.31. The summed E-state index contributed by atoms with van der Waals surface area (Å²) < 4.78 is 39.9. The highest BCUT2D eigenvalue weighted by atomic mass is 19.4. The fourth-order valence-corrected chi connectivity index (χ4v) is 1.66. The Kier molecular flexibility index (Phi) is 5.47. The fraction of sp³-hybridized carbons (Fsp3) is 0.538. The maximum absolute atomic E-state index is 11.8. The first-order valence-corrected chi connectivity index (χ1v) is 5.90. The molecule has 0 bridgehead atoms. The maximum atomic E-state index is 11.8. The van der Waals surface area contributed by atoms with Crippen LogP contribution in [-0.2, 0) is 11.2 Å². The molecule has 1 aromatic carbocycles. The molecule has 0 spiro atoms. The minimum atomic E-state index is -4.25. The van der Waals surface area contributed by atoms with Crippen molar-refractivity contribution in [2.24, 2.45) is 0 Å². The van der Waals surface area contributed by atoms with Crippen LogP contribution in [0.2, 0.25) is 0 Å². The molecule has 0 amide bonds. The Labute approximate surface area is 105 Å². The van der Waals surface area contributed by atoms with Gasteiger partial charge in [0.05, 0.1) is 6.61 Å². The minimum absolute atomic E-state index is 0.0358. The van der Waals surface area contributed by atoms with E-state index in [-0.39, 0.29) is 6.61 Å². The Hall–Kier alpha value is -1.23. The summed E-state index contributed by atoms with van der Waals surface area (Å²) in [5.41, 5.74) is 3.35. The highest BCUT2D eigenvalue weighted by Crippen LogP contribution is 2.16. The van der Waals surface area contributed by atoms with Gasteiger partial charge in [-0.3, -0.25) is 0 Å². The largest absolute Gasteiger partial charge is 0.411 e. The molecule has 0 aromatic heterocycles. The standard InChI is InChI=1S/C13H18F3NO/c1-3-11-4-5-12(8-10(11)2)17-6-7-18-9-13(14,15)16/h4-5,8,17H,3,6-7,9H2,1-2H3. The van der Waals surface area contributed by atoms with Gasteiger partial charge in [0.1, 0.15) is 6.61 Å². The molecule has 0 aliphatic carbocycles. The predicted octanol–water partition coefficient (Wildman–Crippen LogP) is 3.55. The van der Waals surface area contributed by atoms with Crippen LogP contribution in [0.1, 0.15) is 18.1 Å². The SMILES string of the molecule is CCc1ccc(NCCOCC(F)(F)F)cc1C. The van der Waals surface area contributed by atoms with Crippen molar-refractivity contribution in [3.8, 4) is 0 Å². The number of benzene rings is 1. The molecule has 0 aliphatic rings. The van der Waals surface area contributed by atoms with E-state index in [0.717, 1.165) is 12.1 Å². The van der Waals surface area contributed by atoms with Gasteiger partial charge >= 0.3 is 6.18 Å². The molecule has 0 aliphatic heterocycles. The quantitative estimate of drug-likeness (QED) is 0.791. The Balaban J connectivity index is 2.29. The summed E-state index contributed by atoms with van der Waals surface area (Å²) in [6, 6.07) is 5.94. The number of halogens is 3. The minimum Gasteiger partial charge on any atom is -0.383 e. The molecule has 1 rings (SSSR count). The molecular formula is C13H18F3NO. The van der Waals surface area contributed by atoms with Crippen molar-refractivity contribution < 1.29 is 17.9 Å². The van der Waals surface area contributed by atoms with E-state index in [2.05, 4.69) is 17.0 Å². The normalized spacial score (nSPS) is 11.6. The molecule has 1 N–H and O–H groups in total. The molecule has 1 aromatic rings.